The quantitative estimate of drug-likeness (QED) is 0.575. The Hall–Kier alpha value is -0.300. The molecule has 64 valence electrons. The van der Waals surface area contributed by atoms with E-state index in [-0.39, 0.29) is 6.10 Å². The molecular formula is C10H18O. The monoisotopic (exact) mass is 154 g/mol. The molecule has 0 unspecified atom stereocenters. The summed E-state index contributed by atoms with van der Waals surface area (Å²) < 4.78 is 0. The molecule has 1 aliphatic rings. The zero-order valence-corrected chi connectivity index (χ0v) is 7.67. The molecule has 0 saturated heterocycles. The van der Waals surface area contributed by atoms with Gasteiger partial charge in [0, 0.05) is 0 Å². The molecule has 0 fully saturated rings. The first kappa shape index (κ1) is 8.79. The van der Waals surface area contributed by atoms with E-state index in [1.807, 2.05) is 6.08 Å². The molecule has 1 N–H and O–H groups in total. The summed E-state index contributed by atoms with van der Waals surface area (Å²) in [7, 11) is 0. The van der Waals surface area contributed by atoms with Crippen molar-refractivity contribution in [2.75, 3.05) is 0 Å². The van der Waals surface area contributed by atoms with Crippen LogP contribution >= 0.6 is 0 Å². The van der Waals surface area contributed by atoms with Crippen molar-refractivity contribution in [2.45, 2.75) is 39.7 Å². The van der Waals surface area contributed by atoms with Gasteiger partial charge < -0.3 is 5.11 Å². The fraction of sp³-hybridized carbons (Fsp3) is 0.800. The van der Waals surface area contributed by atoms with E-state index in [1.165, 1.54) is 12.0 Å². The summed E-state index contributed by atoms with van der Waals surface area (Å²) in [5.41, 5.74) is 1.34. The highest BCUT2D eigenvalue weighted by molar-refractivity contribution is 5.08. The molecule has 1 aliphatic carbocycles. The lowest BCUT2D eigenvalue weighted by Crippen LogP contribution is -2.26. The Morgan fingerprint density at radius 3 is 2.64 bits per heavy atom. The second kappa shape index (κ2) is 3.40. The molecule has 0 aromatic rings. The summed E-state index contributed by atoms with van der Waals surface area (Å²) in [4.78, 5) is 0. The standard InChI is InChI=1S/C10H18O/c1-7(2)9-5-4-8(3)6-10(9)11/h6-7,9-11H,4-5H2,1-3H3/t9-,10+/m0/s1. The highest BCUT2D eigenvalue weighted by atomic mass is 16.3. The first-order valence-electron chi connectivity index (χ1n) is 4.46. The summed E-state index contributed by atoms with van der Waals surface area (Å²) >= 11 is 0. The molecule has 0 aliphatic heterocycles. The van der Waals surface area contributed by atoms with Crippen molar-refractivity contribution in [1.29, 1.82) is 0 Å². The van der Waals surface area contributed by atoms with Crippen molar-refractivity contribution in [3.63, 3.8) is 0 Å². The van der Waals surface area contributed by atoms with Gasteiger partial charge in [0.05, 0.1) is 6.10 Å². The predicted molar refractivity (Wildman–Crippen MR) is 47.3 cm³/mol. The number of hydrogen-bond acceptors (Lipinski definition) is 1. The van der Waals surface area contributed by atoms with E-state index in [2.05, 4.69) is 20.8 Å². The van der Waals surface area contributed by atoms with Crippen LogP contribution in [0.3, 0.4) is 0 Å². The smallest absolute Gasteiger partial charge is 0.0754 e. The van der Waals surface area contributed by atoms with Crippen molar-refractivity contribution in [3.05, 3.63) is 11.6 Å². The molecule has 11 heavy (non-hydrogen) atoms. The van der Waals surface area contributed by atoms with Crippen LogP contribution in [0.1, 0.15) is 33.6 Å². The van der Waals surface area contributed by atoms with E-state index in [0.717, 1.165) is 6.42 Å². The lowest BCUT2D eigenvalue weighted by molar-refractivity contribution is 0.108. The van der Waals surface area contributed by atoms with Crippen LogP contribution in [0.4, 0.5) is 0 Å². The highest BCUT2D eigenvalue weighted by Crippen LogP contribution is 2.28. The number of aliphatic hydroxyl groups is 1. The van der Waals surface area contributed by atoms with Crippen molar-refractivity contribution in [3.8, 4) is 0 Å². The van der Waals surface area contributed by atoms with Crippen molar-refractivity contribution >= 4 is 0 Å². The van der Waals surface area contributed by atoms with E-state index in [9.17, 15) is 5.11 Å². The van der Waals surface area contributed by atoms with Crippen LogP contribution in [0, 0.1) is 11.8 Å². The fourth-order valence-corrected chi connectivity index (χ4v) is 1.79. The van der Waals surface area contributed by atoms with Gasteiger partial charge in [0.1, 0.15) is 0 Å². The van der Waals surface area contributed by atoms with Gasteiger partial charge in [0.2, 0.25) is 0 Å². The maximum atomic E-state index is 9.63. The molecule has 0 radical (unpaired) electrons. The molecule has 2 atom stereocenters. The Balaban J connectivity index is 2.60. The van der Waals surface area contributed by atoms with E-state index in [1.54, 1.807) is 0 Å². The van der Waals surface area contributed by atoms with Crippen molar-refractivity contribution in [2.24, 2.45) is 11.8 Å². The van der Waals surface area contributed by atoms with Gasteiger partial charge in [-0.1, -0.05) is 25.5 Å². The van der Waals surface area contributed by atoms with Gasteiger partial charge in [0.15, 0.2) is 0 Å². The maximum Gasteiger partial charge on any atom is 0.0754 e. The van der Waals surface area contributed by atoms with Gasteiger partial charge in [-0.2, -0.15) is 0 Å². The first-order valence-corrected chi connectivity index (χ1v) is 4.46. The maximum absolute atomic E-state index is 9.63. The topological polar surface area (TPSA) is 20.2 Å². The van der Waals surface area contributed by atoms with E-state index >= 15 is 0 Å². The third-order valence-corrected chi connectivity index (χ3v) is 2.62. The summed E-state index contributed by atoms with van der Waals surface area (Å²) in [6.07, 6.45) is 4.14. The first-order chi connectivity index (χ1) is 5.11. The molecule has 0 amide bonds. The van der Waals surface area contributed by atoms with E-state index in [0.29, 0.717) is 11.8 Å². The molecule has 0 heterocycles. The fourth-order valence-electron chi connectivity index (χ4n) is 1.79. The average Bonchev–Trinajstić information content (AvgIpc) is 1.85. The average molecular weight is 154 g/mol. The number of rotatable bonds is 1. The Bertz CT molecular complexity index is 158. The lowest BCUT2D eigenvalue weighted by Gasteiger charge is -2.28. The Labute approximate surface area is 69.1 Å². The van der Waals surface area contributed by atoms with E-state index in [4.69, 9.17) is 0 Å². The van der Waals surface area contributed by atoms with Crippen molar-refractivity contribution in [1.82, 2.24) is 0 Å². The van der Waals surface area contributed by atoms with Crippen LogP contribution in [0.15, 0.2) is 11.6 Å². The molecule has 0 saturated carbocycles. The summed E-state index contributed by atoms with van der Waals surface area (Å²) in [6.45, 7) is 6.46. The van der Waals surface area contributed by atoms with Gasteiger partial charge in [-0.05, 0) is 31.6 Å². The molecule has 1 nitrogen and oxygen atoms in total. The summed E-state index contributed by atoms with van der Waals surface area (Å²) in [5.74, 6) is 1.09. The highest BCUT2D eigenvalue weighted by Gasteiger charge is 2.23. The van der Waals surface area contributed by atoms with E-state index < -0.39 is 0 Å². The van der Waals surface area contributed by atoms with Gasteiger partial charge in [-0.3, -0.25) is 0 Å². The molecule has 0 spiro atoms. The minimum absolute atomic E-state index is 0.191. The van der Waals surface area contributed by atoms with Crippen LogP contribution in [0.25, 0.3) is 0 Å². The van der Waals surface area contributed by atoms with Crippen LogP contribution in [-0.4, -0.2) is 11.2 Å². The molecular weight excluding hydrogens is 136 g/mol. The number of hydrogen-bond donors (Lipinski definition) is 1. The number of allylic oxidation sites excluding steroid dienone is 1. The summed E-state index contributed by atoms with van der Waals surface area (Å²) in [6, 6.07) is 0. The SMILES string of the molecule is CC1=C[C@@H](O)[C@H](C(C)C)CC1. The van der Waals surface area contributed by atoms with Gasteiger partial charge in [-0.25, -0.2) is 0 Å². The minimum Gasteiger partial charge on any atom is -0.389 e. The zero-order chi connectivity index (χ0) is 8.43. The lowest BCUT2D eigenvalue weighted by atomic mass is 9.81. The second-order valence-electron chi connectivity index (χ2n) is 3.95. The third kappa shape index (κ3) is 2.06. The Morgan fingerprint density at radius 2 is 2.18 bits per heavy atom. The summed E-state index contributed by atoms with van der Waals surface area (Å²) in [5, 5.41) is 9.63. The Morgan fingerprint density at radius 1 is 1.55 bits per heavy atom. The molecule has 0 aromatic carbocycles. The predicted octanol–water partition coefficient (Wildman–Crippen LogP) is 2.36. The van der Waals surface area contributed by atoms with Crippen LogP contribution < -0.4 is 0 Å². The largest absolute Gasteiger partial charge is 0.389 e. The normalized spacial score (nSPS) is 32.3. The zero-order valence-electron chi connectivity index (χ0n) is 7.67. The molecule has 0 bridgehead atoms. The third-order valence-electron chi connectivity index (χ3n) is 2.62. The second-order valence-corrected chi connectivity index (χ2v) is 3.95. The molecule has 1 rings (SSSR count). The van der Waals surface area contributed by atoms with Gasteiger partial charge in [0.25, 0.3) is 0 Å². The van der Waals surface area contributed by atoms with Gasteiger partial charge in [-0.15, -0.1) is 0 Å². The van der Waals surface area contributed by atoms with Crippen LogP contribution in [-0.2, 0) is 0 Å². The molecule has 1 heteroatoms. The van der Waals surface area contributed by atoms with Crippen LogP contribution in [0.2, 0.25) is 0 Å². The Kier molecular flexibility index (Phi) is 2.72. The van der Waals surface area contributed by atoms with Crippen LogP contribution in [0.5, 0.6) is 0 Å². The van der Waals surface area contributed by atoms with Crippen molar-refractivity contribution < 1.29 is 5.11 Å². The number of aliphatic hydroxyl groups excluding tert-OH is 1. The van der Waals surface area contributed by atoms with Gasteiger partial charge >= 0.3 is 0 Å². The molecule has 0 aromatic heterocycles. The minimum atomic E-state index is -0.191.